The SMILES string of the molecule is COc1ccccc1CN(CCC(=O)NCc1ccccn1)S(C)(=O)=O. The Morgan fingerprint density at radius 1 is 1.19 bits per heavy atom. The number of pyridine rings is 1. The summed E-state index contributed by atoms with van der Waals surface area (Å²) in [7, 11) is -1.93. The van der Waals surface area contributed by atoms with Gasteiger partial charge in [-0.05, 0) is 18.2 Å². The third kappa shape index (κ3) is 6.12. The van der Waals surface area contributed by atoms with Gasteiger partial charge >= 0.3 is 0 Å². The summed E-state index contributed by atoms with van der Waals surface area (Å²) in [6.45, 7) is 0.548. The standard InChI is InChI=1S/C18H23N3O4S/c1-25-17-9-4-3-7-15(17)14-21(26(2,23)24)12-10-18(22)20-13-16-8-5-6-11-19-16/h3-9,11H,10,12-14H2,1-2H3,(H,20,22). The third-order valence-electron chi connectivity index (χ3n) is 3.79. The van der Waals surface area contributed by atoms with E-state index < -0.39 is 10.0 Å². The molecule has 1 amide bonds. The number of carbonyl (C=O) groups excluding carboxylic acids is 1. The van der Waals surface area contributed by atoms with E-state index >= 15 is 0 Å². The number of amides is 1. The topological polar surface area (TPSA) is 88.6 Å². The molecule has 1 heterocycles. The van der Waals surface area contributed by atoms with E-state index in [9.17, 15) is 13.2 Å². The maximum absolute atomic E-state index is 12.1. The van der Waals surface area contributed by atoms with Crippen LogP contribution in [0.5, 0.6) is 5.75 Å². The lowest BCUT2D eigenvalue weighted by molar-refractivity contribution is -0.121. The first-order valence-electron chi connectivity index (χ1n) is 8.14. The monoisotopic (exact) mass is 377 g/mol. The van der Waals surface area contributed by atoms with Crippen LogP contribution in [0.1, 0.15) is 17.7 Å². The molecule has 0 unspecified atom stereocenters. The molecule has 26 heavy (non-hydrogen) atoms. The second kappa shape index (κ2) is 9.30. The van der Waals surface area contributed by atoms with Gasteiger partial charge in [-0.1, -0.05) is 24.3 Å². The summed E-state index contributed by atoms with van der Waals surface area (Å²) in [5.74, 6) is 0.380. The van der Waals surface area contributed by atoms with Crippen LogP contribution in [0.4, 0.5) is 0 Å². The van der Waals surface area contributed by atoms with Crippen molar-refractivity contribution in [1.82, 2.24) is 14.6 Å². The summed E-state index contributed by atoms with van der Waals surface area (Å²) in [5, 5.41) is 2.74. The molecule has 0 bridgehead atoms. The van der Waals surface area contributed by atoms with Gasteiger partial charge in [-0.3, -0.25) is 9.78 Å². The fraction of sp³-hybridized carbons (Fsp3) is 0.333. The molecule has 2 aromatic rings. The first-order chi connectivity index (χ1) is 12.4. The van der Waals surface area contributed by atoms with Crippen LogP contribution in [-0.2, 0) is 27.9 Å². The highest BCUT2D eigenvalue weighted by atomic mass is 32.2. The van der Waals surface area contributed by atoms with Crippen molar-refractivity contribution in [2.75, 3.05) is 19.9 Å². The van der Waals surface area contributed by atoms with Gasteiger partial charge < -0.3 is 10.1 Å². The van der Waals surface area contributed by atoms with Gasteiger partial charge in [-0.15, -0.1) is 0 Å². The molecular weight excluding hydrogens is 354 g/mol. The van der Waals surface area contributed by atoms with E-state index in [0.717, 1.165) is 17.5 Å². The zero-order valence-corrected chi connectivity index (χ0v) is 15.7. The van der Waals surface area contributed by atoms with Crippen LogP contribution in [0, 0.1) is 0 Å². The number of para-hydroxylation sites is 1. The Balaban J connectivity index is 1.95. The van der Waals surface area contributed by atoms with Gasteiger partial charge in [0.1, 0.15) is 5.75 Å². The van der Waals surface area contributed by atoms with Gasteiger partial charge in [0.05, 0.1) is 25.6 Å². The normalized spacial score (nSPS) is 11.3. The van der Waals surface area contributed by atoms with Crippen LogP contribution < -0.4 is 10.1 Å². The average Bonchev–Trinajstić information content (AvgIpc) is 2.63. The summed E-state index contributed by atoms with van der Waals surface area (Å²) in [6.07, 6.45) is 2.85. The summed E-state index contributed by atoms with van der Waals surface area (Å²) in [4.78, 5) is 16.2. The van der Waals surface area contributed by atoms with Crippen molar-refractivity contribution >= 4 is 15.9 Å². The maximum atomic E-state index is 12.1. The lowest BCUT2D eigenvalue weighted by Gasteiger charge is -2.21. The number of carbonyl (C=O) groups is 1. The van der Waals surface area contributed by atoms with Gasteiger partial charge in [0, 0.05) is 31.3 Å². The number of benzene rings is 1. The van der Waals surface area contributed by atoms with E-state index in [1.54, 1.807) is 24.4 Å². The van der Waals surface area contributed by atoms with Crippen molar-refractivity contribution in [3.8, 4) is 5.75 Å². The van der Waals surface area contributed by atoms with Crippen LogP contribution >= 0.6 is 0 Å². The molecule has 1 N–H and O–H groups in total. The van der Waals surface area contributed by atoms with Crippen LogP contribution in [-0.4, -0.2) is 43.5 Å². The average molecular weight is 377 g/mol. The van der Waals surface area contributed by atoms with E-state index in [0.29, 0.717) is 12.3 Å². The van der Waals surface area contributed by atoms with Crippen LogP contribution in [0.25, 0.3) is 0 Å². The molecule has 8 heteroatoms. The second-order valence-electron chi connectivity index (χ2n) is 5.76. The maximum Gasteiger partial charge on any atom is 0.221 e. The van der Waals surface area contributed by atoms with Gasteiger partial charge in [-0.2, -0.15) is 4.31 Å². The summed E-state index contributed by atoms with van der Waals surface area (Å²) in [6, 6.07) is 12.7. The third-order valence-corrected chi connectivity index (χ3v) is 5.04. The number of hydrogen-bond acceptors (Lipinski definition) is 5. The van der Waals surface area contributed by atoms with Gasteiger partial charge in [0.15, 0.2) is 0 Å². The van der Waals surface area contributed by atoms with Gasteiger partial charge in [0.25, 0.3) is 0 Å². The minimum Gasteiger partial charge on any atom is -0.496 e. The lowest BCUT2D eigenvalue weighted by atomic mass is 10.2. The van der Waals surface area contributed by atoms with E-state index in [1.165, 1.54) is 11.4 Å². The van der Waals surface area contributed by atoms with E-state index in [4.69, 9.17) is 4.74 Å². The number of sulfonamides is 1. The molecular formula is C18H23N3O4S. The molecule has 0 spiro atoms. The predicted octanol–water partition coefficient (Wildman–Crippen LogP) is 1.56. The van der Waals surface area contributed by atoms with Crippen molar-refractivity contribution in [1.29, 1.82) is 0 Å². The van der Waals surface area contributed by atoms with Crippen molar-refractivity contribution in [2.45, 2.75) is 19.5 Å². The van der Waals surface area contributed by atoms with Gasteiger partial charge in [0.2, 0.25) is 15.9 Å². The highest BCUT2D eigenvalue weighted by Crippen LogP contribution is 2.20. The van der Waals surface area contributed by atoms with Gasteiger partial charge in [-0.25, -0.2) is 8.42 Å². The van der Waals surface area contributed by atoms with E-state index in [-0.39, 0.29) is 25.4 Å². The van der Waals surface area contributed by atoms with Crippen molar-refractivity contribution in [3.05, 3.63) is 59.9 Å². The predicted molar refractivity (Wildman–Crippen MR) is 98.9 cm³/mol. The minimum atomic E-state index is -3.47. The Labute approximate surface area is 154 Å². The molecule has 0 radical (unpaired) electrons. The molecule has 0 aliphatic carbocycles. The first kappa shape index (κ1) is 19.9. The molecule has 0 fully saturated rings. The Hall–Kier alpha value is -2.45. The number of methoxy groups -OCH3 is 1. The number of nitrogens with one attached hydrogen (secondary N) is 1. The molecule has 0 saturated heterocycles. The number of hydrogen-bond donors (Lipinski definition) is 1. The molecule has 7 nitrogen and oxygen atoms in total. The van der Waals surface area contributed by atoms with Crippen LogP contribution in [0.2, 0.25) is 0 Å². The number of nitrogens with zero attached hydrogens (tertiary/aromatic N) is 2. The number of aromatic nitrogens is 1. The molecule has 140 valence electrons. The highest BCUT2D eigenvalue weighted by Gasteiger charge is 2.19. The zero-order valence-electron chi connectivity index (χ0n) is 14.9. The Morgan fingerprint density at radius 3 is 2.58 bits per heavy atom. The van der Waals surface area contributed by atoms with Crippen molar-refractivity contribution in [2.24, 2.45) is 0 Å². The summed E-state index contributed by atoms with van der Waals surface area (Å²) < 4.78 is 30.7. The molecule has 0 aliphatic heterocycles. The zero-order chi connectivity index (χ0) is 19.0. The Bertz CT molecular complexity index is 825. The Morgan fingerprint density at radius 2 is 1.92 bits per heavy atom. The molecule has 1 aromatic carbocycles. The molecule has 0 atom stereocenters. The second-order valence-corrected chi connectivity index (χ2v) is 7.74. The van der Waals surface area contributed by atoms with Crippen LogP contribution in [0.15, 0.2) is 48.7 Å². The van der Waals surface area contributed by atoms with Crippen molar-refractivity contribution < 1.29 is 17.9 Å². The largest absolute Gasteiger partial charge is 0.496 e. The molecule has 1 aromatic heterocycles. The Kier molecular flexibility index (Phi) is 7.11. The quantitative estimate of drug-likeness (QED) is 0.716. The fourth-order valence-corrected chi connectivity index (χ4v) is 3.19. The molecule has 2 rings (SSSR count). The highest BCUT2D eigenvalue weighted by molar-refractivity contribution is 7.88. The van der Waals surface area contributed by atoms with E-state index in [1.807, 2.05) is 24.3 Å². The molecule has 0 saturated carbocycles. The summed E-state index contributed by atoms with van der Waals surface area (Å²) >= 11 is 0. The van der Waals surface area contributed by atoms with Crippen molar-refractivity contribution in [3.63, 3.8) is 0 Å². The minimum absolute atomic E-state index is 0.0645. The smallest absolute Gasteiger partial charge is 0.221 e. The number of rotatable bonds is 9. The number of ether oxygens (including phenoxy) is 1. The van der Waals surface area contributed by atoms with E-state index in [2.05, 4.69) is 10.3 Å². The van der Waals surface area contributed by atoms with Crippen LogP contribution in [0.3, 0.4) is 0 Å². The fourth-order valence-electron chi connectivity index (χ4n) is 2.39. The molecule has 0 aliphatic rings. The first-order valence-corrected chi connectivity index (χ1v) is 9.98. The lowest BCUT2D eigenvalue weighted by Crippen LogP contribution is -2.34. The summed E-state index contributed by atoms with van der Waals surface area (Å²) in [5.41, 5.74) is 1.49.